The van der Waals surface area contributed by atoms with Crippen molar-refractivity contribution in [1.82, 2.24) is 5.43 Å². The highest BCUT2D eigenvalue weighted by Crippen LogP contribution is 2.43. The molecule has 154 valence electrons. The fourth-order valence-corrected chi connectivity index (χ4v) is 4.44. The molecule has 5 nitrogen and oxygen atoms in total. The van der Waals surface area contributed by atoms with Gasteiger partial charge < -0.3 is 9.64 Å². The van der Waals surface area contributed by atoms with Gasteiger partial charge in [0, 0.05) is 17.8 Å². The molecule has 1 aliphatic rings. The standard InChI is InChI=1S/C24H31N3O2/c1-7-27-21-12-16(2)18(13-20(21)17(3)14-24(27,4)5)15-25-26-23(28)19-10-8-9-11-22(19)29-6/h8-13,15,17H,7,14H2,1-6H3,(H,26,28)/b25-15-. The van der Waals surface area contributed by atoms with E-state index in [1.165, 1.54) is 11.3 Å². The van der Waals surface area contributed by atoms with E-state index in [9.17, 15) is 4.79 Å². The lowest BCUT2D eigenvalue weighted by Gasteiger charge is -2.47. The van der Waals surface area contributed by atoms with E-state index < -0.39 is 0 Å². The average Bonchev–Trinajstić information content (AvgIpc) is 2.68. The smallest absolute Gasteiger partial charge is 0.275 e. The van der Waals surface area contributed by atoms with Crippen LogP contribution in [0.5, 0.6) is 5.75 Å². The molecule has 2 aromatic rings. The molecule has 0 saturated carbocycles. The SMILES string of the molecule is CCN1c2cc(C)c(/C=N\NC(=O)c3ccccc3OC)cc2C(C)CC1(C)C. The molecule has 1 atom stereocenters. The summed E-state index contributed by atoms with van der Waals surface area (Å²) in [4.78, 5) is 14.9. The van der Waals surface area contributed by atoms with E-state index in [0.717, 1.165) is 24.1 Å². The zero-order valence-corrected chi connectivity index (χ0v) is 18.2. The normalized spacial score (nSPS) is 17.9. The predicted octanol–water partition coefficient (Wildman–Crippen LogP) is 4.88. The Hall–Kier alpha value is -2.82. The van der Waals surface area contributed by atoms with E-state index in [0.29, 0.717) is 17.2 Å². The minimum absolute atomic E-state index is 0.145. The first-order chi connectivity index (χ1) is 13.8. The van der Waals surface area contributed by atoms with E-state index in [-0.39, 0.29) is 11.4 Å². The molecule has 0 saturated heterocycles. The van der Waals surface area contributed by atoms with Gasteiger partial charge in [0.2, 0.25) is 0 Å². The maximum atomic E-state index is 12.4. The molecule has 1 unspecified atom stereocenters. The van der Waals surface area contributed by atoms with Gasteiger partial charge in [0.25, 0.3) is 5.91 Å². The number of nitrogens with one attached hydrogen (secondary N) is 1. The molecule has 0 aromatic heterocycles. The number of hydrazone groups is 1. The molecule has 0 radical (unpaired) electrons. The number of para-hydroxylation sites is 1. The van der Waals surface area contributed by atoms with E-state index in [1.54, 1.807) is 31.5 Å². The van der Waals surface area contributed by atoms with Crippen molar-refractivity contribution in [3.63, 3.8) is 0 Å². The molecule has 1 heterocycles. The molecule has 5 heteroatoms. The van der Waals surface area contributed by atoms with Gasteiger partial charge in [0.05, 0.1) is 18.9 Å². The fourth-order valence-electron chi connectivity index (χ4n) is 4.44. The number of carbonyl (C=O) groups is 1. The number of hydrogen-bond acceptors (Lipinski definition) is 4. The minimum atomic E-state index is -0.290. The summed E-state index contributed by atoms with van der Waals surface area (Å²) in [5.74, 6) is 0.710. The second-order valence-corrected chi connectivity index (χ2v) is 8.33. The molecule has 1 amide bonds. The van der Waals surface area contributed by atoms with Crippen LogP contribution in [-0.2, 0) is 0 Å². The van der Waals surface area contributed by atoms with Crippen molar-refractivity contribution < 1.29 is 9.53 Å². The Morgan fingerprint density at radius 2 is 2.07 bits per heavy atom. The van der Waals surface area contributed by atoms with Crippen LogP contribution in [0.15, 0.2) is 41.5 Å². The van der Waals surface area contributed by atoms with Crippen molar-refractivity contribution in [1.29, 1.82) is 0 Å². The topological polar surface area (TPSA) is 53.9 Å². The van der Waals surface area contributed by atoms with Gasteiger partial charge in [-0.05, 0) is 81.0 Å². The summed E-state index contributed by atoms with van der Waals surface area (Å²) >= 11 is 0. The lowest BCUT2D eigenvalue weighted by Crippen LogP contribution is -2.48. The molecule has 1 N–H and O–H groups in total. The molecular weight excluding hydrogens is 362 g/mol. The van der Waals surface area contributed by atoms with Crippen LogP contribution in [0.3, 0.4) is 0 Å². The molecule has 0 aliphatic carbocycles. The lowest BCUT2D eigenvalue weighted by molar-refractivity contribution is 0.0952. The second kappa shape index (κ2) is 8.27. The van der Waals surface area contributed by atoms with Crippen molar-refractivity contribution in [3.05, 3.63) is 58.7 Å². The molecule has 3 rings (SSSR count). The number of hydrogen-bond donors (Lipinski definition) is 1. The number of anilines is 1. The Morgan fingerprint density at radius 1 is 1.34 bits per heavy atom. The quantitative estimate of drug-likeness (QED) is 0.582. The van der Waals surface area contributed by atoms with Gasteiger partial charge >= 0.3 is 0 Å². The molecule has 0 fully saturated rings. The van der Waals surface area contributed by atoms with Crippen LogP contribution in [0.1, 0.15) is 67.1 Å². The Morgan fingerprint density at radius 3 is 2.76 bits per heavy atom. The monoisotopic (exact) mass is 393 g/mol. The van der Waals surface area contributed by atoms with E-state index in [1.807, 2.05) is 6.07 Å². The Balaban J connectivity index is 1.84. The van der Waals surface area contributed by atoms with Crippen LogP contribution in [0.2, 0.25) is 0 Å². The summed E-state index contributed by atoms with van der Waals surface area (Å²) in [5, 5.41) is 4.20. The van der Waals surface area contributed by atoms with Gasteiger partial charge in [0.15, 0.2) is 0 Å². The van der Waals surface area contributed by atoms with Gasteiger partial charge in [-0.25, -0.2) is 5.43 Å². The van der Waals surface area contributed by atoms with Crippen LogP contribution >= 0.6 is 0 Å². The van der Waals surface area contributed by atoms with Crippen LogP contribution in [-0.4, -0.2) is 31.3 Å². The number of nitrogens with zero attached hydrogens (tertiary/aromatic N) is 2. The highest BCUT2D eigenvalue weighted by molar-refractivity contribution is 5.97. The largest absolute Gasteiger partial charge is 0.496 e. The van der Waals surface area contributed by atoms with Crippen molar-refractivity contribution in [2.24, 2.45) is 5.10 Å². The number of amides is 1. The summed E-state index contributed by atoms with van der Waals surface area (Å²) in [6, 6.07) is 11.6. The van der Waals surface area contributed by atoms with Gasteiger partial charge in [-0.1, -0.05) is 19.1 Å². The van der Waals surface area contributed by atoms with Crippen molar-refractivity contribution in [3.8, 4) is 5.75 Å². The third-order valence-corrected chi connectivity index (χ3v) is 5.81. The number of fused-ring (bicyclic) bond motifs is 1. The number of rotatable bonds is 5. The number of benzene rings is 2. The first-order valence-corrected chi connectivity index (χ1v) is 10.2. The second-order valence-electron chi connectivity index (χ2n) is 8.33. The van der Waals surface area contributed by atoms with Gasteiger partial charge in [-0.2, -0.15) is 5.10 Å². The third-order valence-electron chi connectivity index (χ3n) is 5.81. The molecule has 29 heavy (non-hydrogen) atoms. The zero-order valence-electron chi connectivity index (χ0n) is 18.2. The van der Waals surface area contributed by atoms with Gasteiger partial charge in [-0.15, -0.1) is 0 Å². The number of aryl methyl sites for hydroxylation is 1. The highest BCUT2D eigenvalue weighted by atomic mass is 16.5. The predicted molar refractivity (Wildman–Crippen MR) is 119 cm³/mol. The van der Waals surface area contributed by atoms with Crippen LogP contribution in [0.4, 0.5) is 5.69 Å². The maximum Gasteiger partial charge on any atom is 0.275 e. The third kappa shape index (κ3) is 4.14. The zero-order chi connectivity index (χ0) is 21.2. The minimum Gasteiger partial charge on any atom is -0.496 e. The van der Waals surface area contributed by atoms with Crippen LogP contribution in [0.25, 0.3) is 0 Å². The first kappa shape index (κ1) is 20.9. The molecule has 1 aliphatic heterocycles. The van der Waals surface area contributed by atoms with E-state index in [2.05, 4.69) is 62.2 Å². The van der Waals surface area contributed by atoms with Crippen molar-refractivity contribution in [2.75, 3.05) is 18.6 Å². The number of carbonyl (C=O) groups excluding carboxylic acids is 1. The molecule has 2 aromatic carbocycles. The fraction of sp³-hybridized carbons (Fsp3) is 0.417. The summed E-state index contributed by atoms with van der Waals surface area (Å²) in [7, 11) is 1.55. The Bertz CT molecular complexity index is 934. The summed E-state index contributed by atoms with van der Waals surface area (Å²) in [6.07, 6.45) is 2.84. The first-order valence-electron chi connectivity index (χ1n) is 10.2. The lowest BCUT2D eigenvalue weighted by atomic mass is 9.79. The molecular formula is C24H31N3O2. The van der Waals surface area contributed by atoms with Crippen LogP contribution in [0, 0.1) is 6.92 Å². The highest BCUT2D eigenvalue weighted by Gasteiger charge is 2.35. The van der Waals surface area contributed by atoms with Crippen molar-refractivity contribution >= 4 is 17.8 Å². The van der Waals surface area contributed by atoms with Crippen LogP contribution < -0.4 is 15.1 Å². The Labute approximate surface area is 173 Å². The van der Waals surface area contributed by atoms with Gasteiger partial charge in [0.1, 0.15) is 5.75 Å². The van der Waals surface area contributed by atoms with E-state index in [4.69, 9.17) is 4.74 Å². The Kier molecular flexibility index (Phi) is 5.96. The average molecular weight is 394 g/mol. The maximum absolute atomic E-state index is 12.4. The summed E-state index contributed by atoms with van der Waals surface area (Å²) in [5.41, 5.74) is 8.03. The van der Waals surface area contributed by atoms with Gasteiger partial charge in [-0.3, -0.25) is 4.79 Å². The summed E-state index contributed by atoms with van der Waals surface area (Å²) in [6.45, 7) is 12.2. The number of methoxy groups -OCH3 is 1. The van der Waals surface area contributed by atoms with E-state index >= 15 is 0 Å². The van der Waals surface area contributed by atoms with Crippen molar-refractivity contribution in [2.45, 2.75) is 52.5 Å². The molecule has 0 bridgehead atoms. The summed E-state index contributed by atoms with van der Waals surface area (Å²) < 4.78 is 5.24. The number of ether oxygens (including phenoxy) is 1. The molecule has 0 spiro atoms.